The van der Waals surface area contributed by atoms with E-state index in [0.29, 0.717) is 0 Å². The maximum absolute atomic E-state index is 3.67. The summed E-state index contributed by atoms with van der Waals surface area (Å²) in [4.78, 5) is 6.42. The topological polar surface area (TPSA) is 28.7 Å². The molecule has 0 aliphatic rings. The van der Waals surface area contributed by atoms with Gasteiger partial charge in [-0.25, -0.2) is 4.98 Å². The third-order valence-electron chi connectivity index (χ3n) is 3.51. The molecule has 3 rings (SSSR count). The molecule has 1 N–H and O–H groups in total. The van der Waals surface area contributed by atoms with E-state index in [1.54, 1.807) is 18.7 Å². The molecule has 2 aromatic carbocycles. The highest BCUT2D eigenvalue weighted by atomic mass is 14.8. The van der Waals surface area contributed by atoms with Gasteiger partial charge in [0.05, 0.1) is 6.33 Å². The molecule has 0 unspecified atom stereocenters. The largest absolute Gasteiger partial charge is 0.351 e. The summed E-state index contributed by atoms with van der Waals surface area (Å²) in [5.74, 6) is 0. The molecule has 1 aromatic heterocycles. The number of benzene rings is 2. The minimum absolute atomic E-state index is 1.11. The molecule has 1 radical (unpaired) electrons. The lowest BCUT2D eigenvalue weighted by Crippen LogP contribution is -2.17. The van der Waals surface area contributed by atoms with Crippen LogP contribution in [0.4, 0.5) is 0 Å². The zero-order valence-corrected chi connectivity index (χ0v) is 13.3. The number of aromatic nitrogens is 2. The smallest absolute Gasteiger partial charge is 0.152 e. The predicted molar refractivity (Wildman–Crippen MR) is 94.8 cm³/mol. The van der Waals surface area contributed by atoms with Crippen molar-refractivity contribution in [1.82, 2.24) is 9.97 Å². The van der Waals surface area contributed by atoms with E-state index in [1.807, 2.05) is 0 Å². The summed E-state index contributed by atoms with van der Waals surface area (Å²) in [5, 5.41) is 0. The van der Waals surface area contributed by atoms with Gasteiger partial charge in [0.25, 0.3) is 0 Å². The Morgan fingerprint density at radius 2 is 1.77 bits per heavy atom. The Labute approximate surface area is 133 Å². The third kappa shape index (κ3) is 5.61. The number of rotatable bonds is 4. The van der Waals surface area contributed by atoms with Crippen LogP contribution in [0.5, 0.6) is 0 Å². The minimum atomic E-state index is 1.11. The second-order valence-corrected chi connectivity index (χ2v) is 5.35. The van der Waals surface area contributed by atoms with Gasteiger partial charge in [-0.15, -0.1) is 0 Å². The number of hydrogen-bond acceptors (Lipinski definition) is 1. The summed E-state index contributed by atoms with van der Waals surface area (Å²) in [6.07, 6.45) is 7.31. The fourth-order valence-electron chi connectivity index (χ4n) is 2.18. The highest BCUT2D eigenvalue weighted by molar-refractivity contribution is 6.54. The van der Waals surface area contributed by atoms with E-state index in [4.69, 9.17) is 0 Å². The van der Waals surface area contributed by atoms with Gasteiger partial charge in [-0.2, -0.15) is 0 Å². The van der Waals surface area contributed by atoms with Gasteiger partial charge in [-0.05, 0) is 25.8 Å². The fourth-order valence-corrected chi connectivity index (χ4v) is 2.18. The first-order valence-corrected chi connectivity index (χ1v) is 7.63. The standard InChI is InChI=1S/C16H18B.C3H4N2/c1-13-7-9-15(10-8-13)11-12-17-16-6-4-3-5-14(16)2;1-2-5-3-4-1/h3-10H,11-12H2,1-2H3;1-3H,(H,4,5). The zero-order chi connectivity index (χ0) is 15.6. The monoisotopic (exact) mass is 289 g/mol. The number of nitrogens with one attached hydrogen (secondary N) is 1. The Balaban J connectivity index is 0.000000299. The van der Waals surface area contributed by atoms with Crippen molar-refractivity contribution in [3.05, 3.63) is 83.9 Å². The van der Waals surface area contributed by atoms with Crippen LogP contribution in [0.2, 0.25) is 6.32 Å². The van der Waals surface area contributed by atoms with E-state index in [9.17, 15) is 0 Å². The molecule has 0 atom stereocenters. The van der Waals surface area contributed by atoms with Crippen molar-refractivity contribution >= 4 is 12.7 Å². The Hall–Kier alpha value is -2.29. The maximum Gasteiger partial charge on any atom is 0.152 e. The lowest BCUT2D eigenvalue weighted by atomic mass is 9.64. The SMILES string of the molecule is Cc1ccc(CC[B]c2ccccc2C)cc1.c1c[nH]cn1. The van der Waals surface area contributed by atoms with Crippen LogP contribution < -0.4 is 5.46 Å². The molecule has 2 nitrogen and oxygen atoms in total. The van der Waals surface area contributed by atoms with Crippen LogP contribution in [0.3, 0.4) is 0 Å². The van der Waals surface area contributed by atoms with Gasteiger partial charge < -0.3 is 4.98 Å². The van der Waals surface area contributed by atoms with Crippen molar-refractivity contribution in [2.75, 3.05) is 0 Å². The molecular formula is C19H22BN2. The highest BCUT2D eigenvalue weighted by Crippen LogP contribution is 2.06. The molecule has 1 heterocycles. The van der Waals surface area contributed by atoms with Crippen molar-refractivity contribution in [3.8, 4) is 0 Å². The number of imidazole rings is 1. The first-order chi connectivity index (χ1) is 10.8. The van der Waals surface area contributed by atoms with E-state index in [-0.39, 0.29) is 0 Å². The molecule has 0 saturated carbocycles. The Kier molecular flexibility index (Phi) is 6.50. The summed E-state index contributed by atoms with van der Waals surface area (Å²) in [6.45, 7) is 4.29. The van der Waals surface area contributed by atoms with Crippen molar-refractivity contribution in [3.63, 3.8) is 0 Å². The van der Waals surface area contributed by atoms with Crippen LogP contribution >= 0.6 is 0 Å². The number of nitrogens with zero attached hydrogens (tertiary/aromatic N) is 1. The normalized spacial score (nSPS) is 9.73. The molecule has 0 fully saturated rings. The van der Waals surface area contributed by atoms with Crippen molar-refractivity contribution in [1.29, 1.82) is 0 Å². The number of aromatic amines is 1. The molecular weight excluding hydrogens is 267 g/mol. The van der Waals surface area contributed by atoms with E-state index in [1.165, 1.54) is 22.2 Å². The number of H-pyrrole nitrogens is 1. The van der Waals surface area contributed by atoms with Crippen LogP contribution in [0.15, 0.2) is 67.3 Å². The van der Waals surface area contributed by atoms with Gasteiger partial charge in [0.15, 0.2) is 7.28 Å². The van der Waals surface area contributed by atoms with Crippen LogP contribution in [0, 0.1) is 13.8 Å². The molecule has 0 spiro atoms. The molecule has 111 valence electrons. The van der Waals surface area contributed by atoms with Gasteiger partial charge >= 0.3 is 0 Å². The van der Waals surface area contributed by atoms with E-state index < -0.39 is 0 Å². The Bertz CT molecular complexity index is 628. The van der Waals surface area contributed by atoms with Gasteiger partial charge in [0.2, 0.25) is 0 Å². The summed E-state index contributed by atoms with van der Waals surface area (Å²) in [6, 6.07) is 17.4. The lowest BCUT2D eigenvalue weighted by Gasteiger charge is -2.04. The molecule has 0 aliphatic carbocycles. The average Bonchev–Trinajstić information content (AvgIpc) is 3.11. The van der Waals surface area contributed by atoms with Crippen LogP contribution in [-0.4, -0.2) is 17.2 Å². The van der Waals surface area contributed by atoms with Gasteiger partial charge in [-0.1, -0.05) is 71.4 Å². The molecule has 3 aromatic rings. The Morgan fingerprint density at radius 3 is 2.36 bits per heavy atom. The molecule has 0 aliphatic heterocycles. The summed E-state index contributed by atoms with van der Waals surface area (Å²) in [5.41, 5.74) is 5.47. The minimum Gasteiger partial charge on any atom is -0.351 e. The van der Waals surface area contributed by atoms with E-state index in [0.717, 1.165) is 12.7 Å². The van der Waals surface area contributed by atoms with Crippen molar-refractivity contribution in [2.45, 2.75) is 26.6 Å². The van der Waals surface area contributed by atoms with Crippen molar-refractivity contribution < 1.29 is 0 Å². The second kappa shape index (κ2) is 8.88. The van der Waals surface area contributed by atoms with E-state index in [2.05, 4.69) is 79.6 Å². The first-order valence-electron chi connectivity index (χ1n) is 7.63. The molecule has 0 bridgehead atoms. The van der Waals surface area contributed by atoms with Gasteiger partial charge in [0, 0.05) is 12.4 Å². The number of aryl methyl sites for hydroxylation is 3. The highest BCUT2D eigenvalue weighted by Gasteiger charge is 1.99. The molecule has 0 saturated heterocycles. The molecule has 3 heteroatoms. The van der Waals surface area contributed by atoms with Crippen molar-refractivity contribution in [2.24, 2.45) is 0 Å². The van der Waals surface area contributed by atoms with Crippen LogP contribution in [0.1, 0.15) is 16.7 Å². The predicted octanol–water partition coefficient (Wildman–Crippen LogP) is 3.70. The summed E-state index contributed by atoms with van der Waals surface area (Å²) < 4.78 is 0. The zero-order valence-electron chi connectivity index (χ0n) is 13.3. The lowest BCUT2D eigenvalue weighted by molar-refractivity contribution is 1.12. The Morgan fingerprint density at radius 1 is 1.00 bits per heavy atom. The van der Waals surface area contributed by atoms with E-state index >= 15 is 0 Å². The second-order valence-electron chi connectivity index (χ2n) is 5.35. The average molecular weight is 289 g/mol. The summed E-state index contributed by atoms with van der Waals surface area (Å²) >= 11 is 0. The van der Waals surface area contributed by atoms with Crippen LogP contribution in [0.25, 0.3) is 0 Å². The van der Waals surface area contributed by atoms with Gasteiger partial charge in [-0.3, -0.25) is 0 Å². The molecule has 22 heavy (non-hydrogen) atoms. The first kappa shape index (κ1) is 16.1. The third-order valence-corrected chi connectivity index (χ3v) is 3.51. The number of hydrogen-bond donors (Lipinski definition) is 1. The quantitative estimate of drug-likeness (QED) is 0.729. The summed E-state index contributed by atoms with van der Waals surface area (Å²) in [7, 11) is 2.33. The van der Waals surface area contributed by atoms with Gasteiger partial charge in [0.1, 0.15) is 0 Å². The fraction of sp³-hybridized carbons (Fsp3) is 0.211. The molecule has 0 amide bonds. The maximum atomic E-state index is 3.67. The van der Waals surface area contributed by atoms with Crippen LogP contribution in [-0.2, 0) is 6.42 Å².